The van der Waals surface area contributed by atoms with Gasteiger partial charge in [-0.3, -0.25) is 5.10 Å². The molecule has 0 spiro atoms. The molecule has 160 valence electrons. The summed E-state index contributed by atoms with van der Waals surface area (Å²) in [5.74, 6) is -3.80. The molecule has 1 aliphatic rings. The van der Waals surface area contributed by atoms with Crippen molar-refractivity contribution in [1.82, 2.24) is 10.2 Å². The molecule has 0 saturated carbocycles. The number of rotatable bonds is 4. The van der Waals surface area contributed by atoms with Crippen LogP contribution in [0, 0.1) is 5.82 Å². The van der Waals surface area contributed by atoms with Gasteiger partial charge in [0, 0.05) is 29.1 Å². The Bertz CT molecular complexity index is 1080. The van der Waals surface area contributed by atoms with Crippen molar-refractivity contribution in [2.45, 2.75) is 43.4 Å². The minimum absolute atomic E-state index is 0.0960. The van der Waals surface area contributed by atoms with Crippen LogP contribution in [0.1, 0.15) is 42.7 Å². The van der Waals surface area contributed by atoms with Gasteiger partial charge < -0.3 is 15.5 Å². The monoisotopic (exact) mass is 423 g/mol. The first-order valence-corrected chi connectivity index (χ1v) is 9.63. The number of anilines is 1. The normalized spacial score (nSPS) is 24.1. The van der Waals surface area contributed by atoms with Crippen LogP contribution >= 0.6 is 0 Å². The lowest BCUT2D eigenvalue weighted by Gasteiger charge is -2.45. The molecule has 5 nitrogen and oxygen atoms in total. The van der Waals surface area contributed by atoms with Crippen molar-refractivity contribution in [3.63, 3.8) is 0 Å². The molecule has 3 unspecified atom stereocenters. The van der Waals surface area contributed by atoms with E-state index in [0.717, 1.165) is 6.07 Å². The van der Waals surface area contributed by atoms with E-state index in [0.29, 0.717) is 16.6 Å². The number of H-pyrrole nitrogens is 1. The Kier molecular flexibility index (Phi) is 4.88. The van der Waals surface area contributed by atoms with Gasteiger partial charge in [0.1, 0.15) is 0 Å². The molecule has 9 heteroatoms. The molecule has 2 aromatic carbocycles. The van der Waals surface area contributed by atoms with Crippen LogP contribution in [0.4, 0.5) is 23.2 Å². The van der Waals surface area contributed by atoms with E-state index in [-0.39, 0.29) is 24.1 Å². The SMILES string of the molecule is CCC1CC(O)(C(F)(F)F)C(CNc2cccc3[nH]ncc23)c2ccc(F)c(O)c21. The summed E-state index contributed by atoms with van der Waals surface area (Å²) >= 11 is 0. The fourth-order valence-corrected chi connectivity index (χ4v) is 4.48. The largest absolute Gasteiger partial charge is 0.505 e. The van der Waals surface area contributed by atoms with E-state index in [1.165, 1.54) is 6.07 Å². The van der Waals surface area contributed by atoms with Crippen molar-refractivity contribution in [3.8, 4) is 5.75 Å². The molecular formula is C21H21F4N3O2. The number of aromatic hydroxyl groups is 1. The molecule has 0 bridgehead atoms. The molecule has 4 rings (SSSR count). The van der Waals surface area contributed by atoms with Crippen molar-refractivity contribution in [2.24, 2.45) is 0 Å². The van der Waals surface area contributed by atoms with Gasteiger partial charge in [-0.25, -0.2) is 4.39 Å². The first-order chi connectivity index (χ1) is 14.2. The third kappa shape index (κ3) is 3.08. The second-order valence-electron chi connectivity index (χ2n) is 7.70. The lowest BCUT2D eigenvalue weighted by molar-refractivity contribution is -0.274. The number of aromatic nitrogens is 2. The fourth-order valence-electron chi connectivity index (χ4n) is 4.48. The summed E-state index contributed by atoms with van der Waals surface area (Å²) in [6, 6.07) is 7.37. The van der Waals surface area contributed by atoms with E-state index in [2.05, 4.69) is 15.5 Å². The standard InChI is InChI=1S/C21H21F4N3O2/c1-2-11-8-20(30,21(23,24)25)14(12-6-7-15(22)19(29)18(11)12)10-26-16-4-3-5-17-13(16)9-27-28-17/h3-7,9,11,14,26,29-30H,2,8,10H2,1H3,(H,27,28). The summed E-state index contributed by atoms with van der Waals surface area (Å²) in [6.45, 7) is 1.38. The Morgan fingerprint density at radius 1 is 1.27 bits per heavy atom. The molecule has 4 N–H and O–H groups in total. The van der Waals surface area contributed by atoms with Crippen LogP contribution in [0.25, 0.3) is 10.9 Å². The number of aromatic amines is 1. The van der Waals surface area contributed by atoms with Crippen molar-refractivity contribution in [1.29, 1.82) is 0 Å². The number of phenols is 1. The average Bonchev–Trinajstić information content (AvgIpc) is 3.18. The Morgan fingerprint density at radius 3 is 2.73 bits per heavy atom. The van der Waals surface area contributed by atoms with Gasteiger partial charge in [-0.05, 0) is 42.5 Å². The van der Waals surface area contributed by atoms with Gasteiger partial charge in [0.25, 0.3) is 0 Å². The fraction of sp³-hybridized carbons (Fsp3) is 0.381. The molecule has 0 fully saturated rings. The van der Waals surface area contributed by atoms with Crippen molar-refractivity contribution < 1.29 is 27.8 Å². The lowest BCUT2D eigenvalue weighted by Crippen LogP contribution is -2.55. The van der Waals surface area contributed by atoms with Crippen molar-refractivity contribution in [2.75, 3.05) is 11.9 Å². The van der Waals surface area contributed by atoms with Crippen LogP contribution < -0.4 is 5.32 Å². The molecule has 1 heterocycles. The molecule has 0 aliphatic heterocycles. The maximum absolute atomic E-state index is 14.1. The summed E-state index contributed by atoms with van der Waals surface area (Å²) in [5, 5.41) is 31.5. The number of benzene rings is 2. The van der Waals surface area contributed by atoms with Gasteiger partial charge >= 0.3 is 6.18 Å². The molecule has 3 aromatic rings. The van der Waals surface area contributed by atoms with Gasteiger partial charge in [-0.1, -0.05) is 19.1 Å². The zero-order chi connectivity index (χ0) is 21.7. The van der Waals surface area contributed by atoms with Gasteiger partial charge in [0.05, 0.1) is 11.7 Å². The van der Waals surface area contributed by atoms with E-state index in [1.807, 2.05) is 0 Å². The number of aliphatic hydroxyl groups is 1. The van der Waals surface area contributed by atoms with E-state index < -0.39 is 41.6 Å². The molecule has 3 atom stereocenters. The molecule has 0 radical (unpaired) electrons. The average molecular weight is 423 g/mol. The van der Waals surface area contributed by atoms with E-state index in [1.54, 1.807) is 31.3 Å². The minimum Gasteiger partial charge on any atom is -0.505 e. The number of alkyl halides is 3. The number of hydrogen-bond acceptors (Lipinski definition) is 4. The molecular weight excluding hydrogens is 402 g/mol. The van der Waals surface area contributed by atoms with E-state index >= 15 is 0 Å². The van der Waals surface area contributed by atoms with Gasteiger partial charge in [0.15, 0.2) is 17.2 Å². The molecule has 30 heavy (non-hydrogen) atoms. The van der Waals surface area contributed by atoms with Crippen LogP contribution in [-0.2, 0) is 0 Å². The van der Waals surface area contributed by atoms with Crippen molar-refractivity contribution in [3.05, 3.63) is 53.5 Å². The Hall–Kier alpha value is -2.81. The Labute approximate surface area is 169 Å². The maximum Gasteiger partial charge on any atom is 0.417 e. The van der Waals surface area contributed by atoms with Gasteiger partial charge in [-0.2, -0.15) is 18.3 Å². The zero-order valence-corrected chi connectivity index (χ0v) is 16.1. The Morgan fingerprint density at radius 2 is 2.03 bits per heavy atom. The molecule has 0 amide bonds. The molecule has 0 saturated heterocycles. The lowest BCUT2D eigenvalue weighted by atomic mass is 9.66. The molecule has 1 aliphatic carbocycles. The highest BCUT2D eigenvalue weighted by Crippen LogP contribution is 2.55. The van der Waals surface area contributed by atoms with E-state index in [9.17, 15) is 27.8 Å². The first kappa shape index (κ1) is 20.5. The van der Waals surface area contributed by atoms with E-state index in [4.69, 9.17) is 0 Å². The highest BCUT2D eigenvalue weighted by molar-refractivity contribution is 5.90. The minimum atomic E-state index is -4.91. The predicted molar refractivity (Wildman–Crippen MR) is 104 cm³/mol. The van der Waals surface area contributed by atoms with Crippen LogP contribution in [-0.4, -0.2) is 38.7 Å². The zero-order valence-electron chi connectivity index (χ0n) is 16.1. The third-order valence-electron chi connectivity index (χ3n) is 6.08. The number of fused-ring (bicyclic) bond motifs is 2. The van der Waals surface area contributed by atoms with Crippen LogP contribution in [0.3, 0.4) is 0 Å². The van der Waals surface area contributed by atoms with Crippen LogP contribution in [0.2, 0.25) is 0 Å². The number of nitrogens with one attached hydrogen (secondary N) is 2. The number of halogens is 4. The summed E-state index contributed by atoms with van der Waals surface area (Å²) in [5.41, 5.74) is -1.53. The Balaban J connectivity index is 1.80. The first-order valence-electron chi connectivity index (χ1n) is 9.63. The number of hydrogen-bond donors (Lipinski definition) is 4. The maximum atomic E-state index is 14.1. The highest BCUT2D eigenvalue weighted by atomic mass is 19.4. The summed E-state index contributed by atoms with van der Waals surface area (Å²) in [7, 11) is 0. The van der Waals surface area contributed by atoms with Crippen LogP contribution in [0.15, 0.2) is 36.5 Å². The summed E-state index contributed by atoms with van der Waals surface area (Å²) < 4.78 is 56.2. The molecule has 1 aromatic heterocycles. The highest BCUT2D eigenvalue weighted by Gasteiger charge is 2.62. The van der Waals surface area contributed by atoms with Gasteiger partial charge in [0.2, 0.25) is 0 Å². The topological polar surface area (TPSA) is 81.2 Å². The number of nitrogens with zero attached hydrogens (tertiary/aromatic N) is 1. The quantitative estimate of drug-likeness (QED) is 0.455. The van der Waals surface area contributed by atoms with Crippen molar-refractivity contribution >= 4 is 16.6 Å². The summed E-state index contributed by atoms with van der Waals surface area (Å²) in [4.78, 5) is 0. The number of phenolic OH excluding ortho intramolecular Hbond substituents is 1. The van der Waals surface area contributed by atoms with Gasteiger partial charge in [-0.15, -0.1) is 0 Å². The smallest absolute Gasteiger partial charge is 0.417 e. The second-order valence-corrected chi connectivity index (χ2v) is 7.70. The third-order valence-corrected chi connectivity index (χ3v) is 6.08. The van der Waals surface area contributed by atoms with Crippen LogP contribution in [0.5, 0.6) is 5.75 Å². The predicted octanol–water partition coefficient (Wildman–Crippen LogP) is 4.79. The summed E-state index contributed by atoms with van der Waals surface area (Å²) in [6.07, 6.45) is -3.79. The second kappa shape index (κ2) is 7.16.